The van der Waals surface area contributed by atoms with E-state index in [9.17, 15) is 14.9 Å². The Bertz CT molecular complexity index is 714. The van der Waals surface area contributed by atoms with Gasteiger partial charge in [-0.05, 0) is 37.1 Å². The molecule has 108 valence electrons. The Labute approximate surface area is 125 Å². The molecule has 21 heavy (non-hydrogen) atoms. The normalized spacial score (nSPS) is 10.2. The highest BCUT2D eigenvalue weighted by Crippen LogP contribution is 2.30. The van der Waals surface area contributed by atoms with Gasteiger partial charge < -0.3 is 5.32 Å². The van der Waals surface area contributed by atoms with E-state index in [1.165, 1.54) is 24.4 Å². The Kier molecular flexibility index (Phi) is 4.18. The number of pyridine rings is 1. The fourth-order valence-electron chi connectivity index (χ4n) is 1.95. The number of halogens is 1. The van der Waals surface area contributed by atoms with Crippen molar-refractivity contribution in [1.29, 1.82) is 0 Å². The summed E-state index contributed by atoms with van der Waals surface area (Å²) < 4.78 is 0. The number of nitro groups is 1. The summed E-state index contributed by atoms with van der Waals surface area (Å²) in [5.74, 6) is -0.478. The lowest BCUT2D eigenvalue weighted by Crippen LogP contribution is -2.14. The summed E-state index contributed by atoms with van der Waals surface area (Å²) in [6, 6.07) is 6.17. The number of aryl methyl sites for hydroxylation is 2. The molecule has 0 saturated heterocycles. The lowest BCUT2D eigenvalue weighted by atomic mass is 10.1. The van der Waals surface area contributed by atoms with Crippen molar-refractivity contribution in [3.05, 3.63) is 62.4 Å². The van der Waals surface area contributed by atoms with Crippen LogP contribution in [0.3, 0.4) is 0 Å². The number of nitrogens with one attached hydrogen (secondary N) is 1. The van der Waals surface area contributed by atoms with E-state index >= 15 is 0 Å². The van der Waals surface area contributed by atoms with E-state index in [0.29, 0.717) is 5.56 Å². The lowest BCUT2D eigenvalue weighted by Gasteiger charge is -2.10. The molecule has 1 heterocycles. The number of benzene rings is 1. The van der Waals surface area contributed by atoms with Gasteiger partial charge in [-0.15, -0.1) is 0 Å². The highest BCUT2D eigenvalue weighted by Gasteiger charge is 2.19. The largest absolute Gasteiger partial charge is 0.316 e. The summed E-state index contributed by atoms with van der Waals surface area (Å²) in [7, 11) is 0. The highest BCUT2D eigenvalue weighted by atomic mass is 35.5. The fraction of sp³-hybridized carbons (Fsp3) is 0.143. The highest BCUT2D eigenvalue weighted by molar-refractivity contribution is 6.29. The van der Waals surface area contributed by atoms with Crippen LogP contribution in [0.5, 0.6) is 0 Å². The Morgan fingerprint density at radius 3 is 2.62 bits per heavy atom. The summed E-state index contributed by atoms with van der Waals surface area (Å²) in [6.07, 6.45) is 1.31. The number of hydrogen-bond acceptors (Lipinski definition) is 4. The second kappa shape index (κ2) is 5.88. The molecular formula is C14H12ClN3O3. The molecule has 0 saturated carbocycles. The van der Waals surface area contributed by atoms with Crippen molar-refractivity contribution in [3.63, 3.8) is 0 Å². The molecule has 0 aliphatic heterocycles. The van der Waals surface area contributed by atoms with Crippen LogP contribution in [-0.2, 0) is 0 Å². The van der Waals surface area contributed by atoms with Gasteiger partial charge in [0.15, 0.2) is 0 Å². The summed E-state index contributed by atoms with van der Waals surface area (Å²) >= 11 is 5.65. The first-order valence-corrected chi connectivity index (χ1v) is 6.45. The monoisotopic (exact) mass is 305 g/mol. The summed E-state index contributed by atoms with van der Waals surface area (Å²) in [6.45, 7) is 3.46. The van der Waals surface area contributed by atoms with E-state index < -0.39 is 10.8 Å². The van der Waals surface area contributed by atoms with Crippen LogP contribution in [0.4, 0.5) is 11.4 Å². The number of carbonyl (C=O) groups excluding carboxylic acids is 1. The molecule has 1 aromatic carbocycles. The van der Waals surface area contributed by atoms with Gasteiger partial charge in [0.05, 0.1) is 10.5 Å². The Balaban J connectivity index is 2.37. The molecule has 2 rings (SSSR count). The van der Waals surface area contributed by atoms with Crippen molar-refractivity contribution in [1.82, 2.24) is 4.98 Å². The van der Waals surface area contributed by atoms with E-state index in [4.69, 9.17) is 11.6 Å². The van der Waals surface area contributed by atoms with Gasteiger partial charge in [-0.1, -0.05) is 17.7 Å². The van der Waals surface area contributed by atoms with E-state index in [2.05, 4.69) is 10.3 Å². The van der Waals surface area contributed by atoms with Crippen molar-refractivity contribution in [2.75, 3.05) is 5.32 Å². The Hall–Kier alpha value is -2.47. The Morgan fingerprint density at radius 1 is 1.33 bits per heavy atom. The van der Waals surface area contributed by atoms with E-state index in [0.717, 1.165) is 5.56 Å². The maximum Gasteiger partial charge on any atom is 0.293 e. The minimum absolute atomic E-state index is 0.136. The molecule has 7 heteroatoms. The topological polar surface area (TPSA) is 85.1 Å². The van der Waals surface area contributed by atoms with Crippen LogP contribution in [-0.4, -0.2) is 15.8 Å². The van der Waals surface area contributed by atoms with Crippen molar-refractivity contribution in [2.24, 2.45) is 0 Å². The zero-order valence-corrected chi connectivity index (χ0v) is 12.1. The van der Waals surface area contributed by atoms with E-state index in [-0.39, 0.29) is 22.1 Å². The molecule has 0 atom stereocenters. The minimum Gasteiger partial charge on any atom is -0.316 e. The molecule has 6 nitrogen and oxygen atoms in total. The van der Waals surface area contributed by atoms with Crippen molar-refractivity contribution < 1.29 is 9.72 Å². The average molecular weight is 306 g/mol. The minimum atomic E-state index is -0.518. The molecule has 1 N–H and O–H groups in total. The van der Waals surface area contributed by atoms with E-state index in [1.807, 2.05) is 0 Å². The number of nitrogens with zero attached hydrogens (tertiary/aromatic N) is 2. The second-order valence-electron chi connectivity index (χ2n) is 4.56. The third-order valence-corrected chi connectivity index (χ3v) is 3.11. The average Bonchev–Trinajstić information content (AvgIpc) is 2.41. The van der Waals surface area contributed by atoms with Gasteiger partial charge in [-0.25, -0.2) is 4.98 Å². The van der Waals surface area contributed by atoms with Crippen LogP contribution in [0, 0.1) is 24.0 Å². The van der Waals surface area contributed by atoms with Crippen LogP contribution >= 0.6 is 11.6 Å². The zero-order chi connectivity index (χ0) is 15.6. The zero-order valence-electron chi connectivity index (χ0n) is 11.4. The molecule has 0 fully saturated rings. The van der Waals surface area contributed by atoms with Crippen LogP contribution in [0.15, 0.2) is 30.5 Å². The first-order valence-electron chi connectivity index (χ1n) is 6.07. The molecule has 0 unspecified atom stereocenters. The van der Waals surface area contributed by atoms with Crippen molar-refractivity contribution >= 4 is 28.9 Å². The van der Waals surface area contributed by atoms with Crippen LogP contribution in [0.25, 0.3) is 0 Å². The number of carbonyl (C=O) groups is 1. The smallest absolute Gasteiger partial charge is 0.293 e. The molecule has 0 aliphatic rings. The maximum atomic E-state index is 12.1. The summed E-state index contributed by atoms with van der Waals surface area (Å²) in [5.41, 5.74) is 1.70. The number of rotatable bonds is 3. The fourth-order valence-corrected chi connectivity index (χ4v) is 2.06. The maximum absolute atomic E-state index is 12.1. The standard InChI is InChI=1S/C14H12ClN3O3/c1-8-5-9(2)13(11(6-8)18(20)21)17-14(19)10-3-4-12(15)16-7-10/h3-7H,1-2H3,(H,17,19). The third-order valence-electron chi connectivity index (χ3n) is 2.88. The van der Waals surface area contributed by atoms with Crippen LogP contribution < -0.4 is 5.32 Å². The number of anilines is 1. The SMILES string of the molecule is Cc1cc(C)c(NC(=O)c2ccc(Cl)nc2)c([N+](=O)[O-])c1. The van der Waals surface area contributed by atoms with Gasteiger partial charge in [0.1, 0.15) is 10.8 Å². The molecular weight excluding hydrogens is 294 g/mol. The number of aromatic nitrogens is 1. The second-order valence-corrected chi connectivity index (χ2v) is 4.94. The van der Waals surface area contributed by atoms with Gasteiger partial charge in [-0.2, -0.15) is 0 Å². The van der Waals surface area contributed by atoms with Gasteiger partial charge >= 0.3 is 0 Å². The van der Waals surface area contributed by atoms with Crippen LogP contribution in [0.1, 0.15) is 21.5 Å². The van der Waals surface area contributed by atoms with E-state index in [1.54, 1.807) is 19.9 Å². The number of hydrogen-bond donors (Lipinski definition) is 1. The van der Waals surface area contributed by atoms with Crippen molar-refractivity contribution in [3.8, 4) is 0 Å². The quantitative estimate of drug-likeness (QED) is 0.534. The summed E-state index contributed by atoms with van der Waals surface area (Å²) in [5, 5.41) is 13.9. The number of nitro benzene ring substituents is 1. The molecule has 0 aliphatic carbocycles. The molecule has 0 bridgehead atoms. The molecule has 2 aromatic rings. The van der Waals surface area contributed by atoms with Gasteiger partial charge in [0, 0.05) is 12.3 Å². The molecule has 1 amide bonds. The predicted octanol–water partition coefficient (Wildman–Crippen LogP) is 3.51. The Morgan fingerprint density at radius 2 is 2.05 bits per heavy atom. The first kappa shape index (κ1) is 14.9. The van der Waals surface area contributed by atoms with Crippen molar-refractivity contribution in [2.45, 2.75) is 13.8 Å². The lowest BCUT2D eigenvalue weighted by molar-refractivity contribution is -0.384. The molecule has 0 radical (unpaired) electrons. The summed E-state index contributed by atoms with van der Waals surface area (Å²) in [4.78, 5) is 26.5. The molecule has 1 aromatic heterocycles. The number of amides is 1. The van der Waals surface area contributed by atoms with Crippen LogP contribution in [0.2, 0.25) is 5.15 Å². The first-order chi connectivity index (χ1) is 9.88. The van der Waals surface area contributed by atoms with Gasteiger partial charge in [0.25, 0.3) is 11.6 Å². The molecule has 0 spiro atoms. The predicted molar refractivity (Wildman–Crippen MR) is 79.8 cm³/mol. The van der Waals surface area contributed by atoms with Gasteiger partial charge in [-0.3, -0.25) is 14.9 Å². The third kappa shape index (κ3) is 3.35. The van der Waals surface area contributed by atoms with Gasteiger partial charge in [0.2, 0.25) is 0 Å².